The van der Waals surface area contributed by atoms with Crippen LogP contribution in [-0.4, -0.2) is 11.6 Å². The van der Waals surface area contributed by atoms with Crippen molar-refractivity contribution in [3.05, 3.63) is 36.7 Å². The van der Waals surface area contributed by atoms with Gasteiger partial charge in [0.2, 0.25) is 0 Å². The molecule has 0 saturated heterocycles. The molecule has 0 aliphatic heterocycles. The zero-order chi connectivity index (χ0) is 19.9. The highest BCUT2D eigenvalue weighted by Gasteiger charge is 2.17. The average molecular weight is 466 g/mol. The second-order valence-corrected chi connectivity index (χ2v) is 7.82. The first kappa shape index (κ1) is 25.7. The molecular weight excluding hydrogens is 424 g/mol. The van der Waals surface area contributed by atoms with E-state index < -0.39 is 0 Å². The van der Waals surface area contributed by atoms with E-state index >= 15 is 0 Å². The molecule has 0 aliphatic carbocycles. The molecule has 0 spiro atoms. The van der Waals surface area contributed by atoms with Crippen molar-refractivity contribution in [2.75, 3.05) is 6.61 Å². The first-order valence-electron chi connectivity index (χ1n) is 11.7. The summed E-state index contributed by atoms with van der Waals surface area (Å²) in [7, 11) is 0. The largest absolute Gasteiger partial charge is 1.00 e. The summed E-state index contributed by atoms with van der Waals surface area (Å²) in [6.07, 6.45) is 20.9. The van der Waals surface area contributed by atoms with Crippen molar-refractivity contribution in [1.29, 1.82) is 0 Å². The number of hydrogen-bond acceptors (Lipinski definition) is 1. The zero-order valence-electron chi connectivity index (χ0n) is 18.6. The zero-order valence-corrected chi connectivity index (χ0v) is 20.2. The number of ether oxygens (including phenoxy) is 1. The van der Waals surface area contributed by atoms with Crippen molar-refractivity contribution >= 4 is 0 Å². The second-order valence-electron chi connectivity index (χ2n) is 7.82. The van der Waals surface area contributed by atoms with Crippen molar-refractivity contribution in [1.82, 2.24) is 4.98 Å². The van der Waals surface area contributed by atoms with Crippen LogP contribution >= 0.6 is 0 Å². The maximum absolute atomic E-state index is 5.80. The predicted octanol–water partition coefficient (Wildman–Crippen LogP) is 4.07. The van der Waals surface area contributed by atoms with E-state index in [4.69, 9.17) is 4.74 Å². The Morgan fingerprint density at radius 2 is 1.38 bits per heavy atom. The number of nitrogens with one attached hydrogen (secondary N) is 1. The molecule has 2 aromatic rings. The van der Waals surface area contributed by atoms with Crippen LogP contribution in [-0.2, 0) is 6.54 Å². The number of hydrogen-bond donors (Lipinski definition) is 1. The van der Waals surface area contributed by atoms with Gasteiger partial charge in [0.05, 0.1) is 13.2 Å². The lowest BCUT2D eigenvalue weighted by atomic mass is 10.1. The highest BCUT2D eigenvalue weighted by atomic mass is 79.9. The minimum atomic E-state index is 0. The Morgan fingerprint density at radius 3 is 2.00 bits per heavy atom. The van der Waals surface area contributed by atoms with Gasteiger partial charge in [0, 0.05) is 0 Å². The highest BCUT2D eigenvalue weighted by molar-refractivity contribution is 5.61. The van der Waals surface area contributed by atoms with Gasteiger partial charge in [-0.05, 0) is 31.9 Å². The number of para-hydroxylation sites is 1. The Morgan fingerprint density at radius 1 is 0.793 bits per heavy atom. The SMILES string of the molecule is CCCCCCCCCCCCCC[n+]1cc[nH]c1-c1ccccc1OCC.[Br-]. The molecule has 3 nitrogen and oxygen atoms in total. The van der Waals surface area contributed by atoms with E-state index in [1.54, 1.807) is 0 Å². The van der Waals surface area contributed by atoms with Crippen LogP contribution < -0.4 is 26.3 Å². The fraction of sp³-hybridized carbons (Fsp3) is 0.640. The van der Waals surface area contributed by atoms with Crippen LogP contribution in [0.5, 0.6) is 5.75 Å². The molecule has 0 aliphatic rings. The van der Waals surface area contributed by atoms with E-state index in [1.807, 2.05) is 25.3 Å². The van der Waals surface area contributed by atoms with Crippen LogP contribution in [0.1, 0.15) is 90.9 Å². The summed E-state index contributed by atoms with van der Waals surface area (Å²) >= 11 is 0. The van der Waals surface area contributed by atoms with Crippen LogP contribution in [0.3, 0.4) is 0 Å². The summed E-state index contributed by atoms with van der Waals surface area (Å²) < 4.78 is 8.13. The Hall–Kier alpha value is -1.29. The summed E-state index contributed by atoms with van der Waals surface area (Å²) in [5, 5.41) is 0. The first-order chi connectivity index (χ1) is 13.9. The number of unbranched alkanes of at least 4 members (excludes halogenated alkanes) is 11. The molecule has 29 heavy (non-hydrogen) atoms. The van der Waals surface area contributed by atoms with Crippen LogP contribution in [0.15, 0.2) is 36.7 Å². The van der Waals surface area contributed by atoms with Gasteiger partial charge in [0.1, 0.15) is 23.7 Å². The number of aromatic amines is 1. The molecule has 1 aromatic heterocycles. The van der Waals surface area contributed by atoms with Gasteiger partial charge in [-0.2, -0.15) is 0 Å². The lowest BCUT2D eigenvalue weighted by Gasteiger charge is -2.08. The number of aromatic nitrogens is 2. The minimum absolute atomic E-state index is 0. The Labute approximate surface area is 189 Å². The minimum Gasteiger partial charge on any atom is -1.00 e. The van der Waals surface area contributed by atoms with Crippen molar-refractivity contribution in [3.63, 3.8) is 0 Å². The lowest BCUT2D eigenvalue weighted by molar-refractivity contribution is -0.685. The molecule has 1 aromatic carbocycles. The number of benzene rings is 1. The molecule has 0 radical (unpaired) electrons. The van der Waals surface area contributed by atoms with Gasteiger partial charge >= 0.3 is 0 Å². The summed E-state index contributed by atoms with van der Waals surface area (Å²) in [4.78, 5) is 3.40. The number of rotatable bonds is 16. The monoisotopic (exact) mass is 464 g/mol. The van der Waals surface area contributed by atoms with Crippen molar-refractivity contribution < 1.29 is 26.3 Å². The van der Waals surface area contributed by atoms with Gasteiger partial charge in [0.15, 0.2) is 0 Å². The van der Waals surface area contributed by atoms with Gasteiger partial charge in [-0.1, -0.05) is 83.3 Å². The summed E-state index contributed by atoms with van der Waals surface area (Å²) in [5.74, 6) is 2.10. The molecule has 164 valence electrons. The Bertz CT molecular complexity index is 641. The smallest absolute Gasteiger partial charge is 0.290 e. The molecular formula is C25H41BrN2O. The van der Waals surface area contributed by atoms with Crippen LogP contribution in [0, 0.1) is 0 Å². The average Bonchev–Trinajstić information content (AvgIpc) is 3.18. The van der Waals surface area contributed by atoms with E-state index in [0.717, 1.165) is 23.7 Å². The van der Waals surface area contributed by atoms with Crippen LogP contribution in [0.25, 0.3) is 11.4 Å². The van der Waals surface area contributed by atoms with Gasteiger partial charge in [-0.15, -0.1) is 0 Å². The fourth-order valence-electron chi connectivity index (χ4n) is 3.85. The van der Waals surface area contributed by atoms with Gasteiger partial charge in [-0.25, -0.2) is 9.55 Å². The van der Waals surface area contributed by atoms with E-state index in [0.29, 0.717) is 6.61 Å². The molecule has 4 heteroatoms. The second kappa shape index (κ2) is 16.5. The van der Waals surface area contributed by atoms with E-state index in [1.165, 1.54) is 77.0 Å². The number of H-pyrrole nitrogens is 1. The van der Waals surface area contributed by atoms with Crippen LogP contribution in [0.2, 0.25) is 0 Å². The first-order valence-corrected chi connectivity index (χ1v) is 11.7. The van der Waals surface area contributed by atoms with Crippen molar-refractivity contribution in [2.45, 2.75) is 97.4 Å². The van der Waals surface area contributed by atoms with E-state index in [-0.39, 0.29) is 17.0 Å². The molecule has 0 atom stereocenters. The fourth-order valence-corrected chi connectivity index (χ4v) is 3.85. The Balaban J connectivity index is 0.00000420. The summed E-state index contributed by atoms with van der Waals surface area (Å²) in [5.41, 5.74) is 1.15. The van der Waals surface area contributed by atoms with E-state index in [2.05, 4.69) is 34.8 Å². The molecule has 1 heterocycles. The molecule has 0 bridgehead atoms. The number of imidazole rings is 1. The quantitative estimate of drug-likeness (QED) is 0.294. The standard InChI is InChI=1S/C25H40N2O.BrH/c1-3-5-6-7-8-9-10-11-12-13-14-17-21-27-22-20-26-25(27)23-18-15-16-19-24(23)28-4-2;/h15-16,18-20,22H,3-14,17,21H2,1-2H3;1H. The van der Waals surface area contributed by atoms with Crippen molar-refractivity contribution in [3.8, 4) is 17.1 Å². The molecule has 0 unspecified atom stereocenters. The molecule has 0 fully saturated rings. The number of nitrogens with zero attached hydrogens (tertiary/aromatic N) is 1. The van der Waals surface area contributed by atoms with Gasteiger partial charge in [0.25, 0.3) is 5.82 Å². The third kappa shape index (κ3) is 9.84. The third-order valence-corrected chi connectivity index (χ3v) is 5.46. The molecule has 0 amide bonds. The van der Waals surface area contributed by atoms with Gasteiger partial charge in [-0.3, -0.25) is 0 Å². The molecule has 2 rings (SSSR count). The number of aryl methyl sites for hydroxylation is 1. The topological polar surface area (TPSA) is 28.9 Å². The lowest BCUT2D eigenvalue weighted by Crippen LogP contribution is -3.00. The molecule has 1 N–H and O–H groups in total. The normalized spacial score (nSPS) is 10.7. The van der Waals surface area contributed by atoms with Crippen LogP contribution in [0.4, 0.5) is 0 Å². The summed E-state index contributed by atoms with van der Waals surface area (Å²) in [6, 6.07) is 8.29. The highest BCUT2D eigenvalue weighted by Crippen LogP contribution is 2.26. The van der Waals surface area contributed by atoms with Crippen molar-refractivity contribution in [2.24, 2.45) is 0 Å². The molecule has 0 saturated carbocycles. The summed E-state index contributed by atoms with van der Waals surface area (Å²) in [6.45, 7) is 6.08. The van der Waals surface area contributed by atoms with Gasteiger partial charge < -0.3 is 21.7 Å². The predicted molar refractivity (Wildman–Crippen MR) is 119 cm³/mol. The van der Waals surface area contributed by atoms with E-state index in [9.17, 15) is 0 Å². The Kier molecular flexibility index (Phi) is 14.6. The number of halogens is 1. The third-order valence-electron chi connectivity index (χ3n) is 5.46. The maximum Gasteiger partial charge on any atom is 0.290 e. The maximum atomic E-state index is 5.80.